The topological polar surface area (TPSA) is 44.9 Å². The second-order valence-corrected chi connectivity index (χ2v) is 15.4. The minimum atomic E-state index is 0.638. The van der Waals surface area contributed by atoms with Crippen LogP contribution in [0.25, 0.3) is 110 Å². The highest BCUT2D eigenvalue weighted by molar-refractivity contribution is 6.19. The van der Waals surface area contributed by atoms with Crippen molar-refractivity contribution in [3.63, 3.8) is 0 Å². The van der Waals surface area contributed by atoms with E-state index in [4.69, 9.17) is 14.7 Å². The van der Waals surface area contributed by atoms with Gasteiger partial charge in [0.1, 0.15) is 11.5 Å². The van der Waals surface area contributed by atoms with Crippen LogP contribution in [0, 0.1) is 0 Å². The van der Waals surface area contributed by atoms with E-state index in [1.807, 2.05) is 36.4 Å². The summed E-state index contributed by atoms with van der Waals surface area (Å²) in [5.41, 5.74) is 13.1. The van der Waals surface area contributed by atoms with Gasteiger partial charge in [-0.25, -0.2) is 9.97 Å². The van der Waals surface area contributed by atoms with Crippen molar-refractivity contribution in [3.05, 3.63) is 194 Å². The molecule has 0 amide bonds. The van der Waals surface area contributed by atoms with Crippen molar-refractivity contribution < 1.29 is 4.74 Å². The third-order valence-electron chi connectivity index (χ3n) is 12.1. The Morgan fingerprint density at radius 2 is 1.03 bits per heavy atom. The minimum Gasteiger partial charge on any atom is -0.456 e. The molecule has 12 aromatic rings. The zero-order chi connectivity index (χ0) is 38.6. The lowest BCUT2D eigenvalue weighted by atomic mass is 10.00. The molecule has 9 aromatic carbocycles. The number of fused-ring (bicyclic) bond motifs is 10. The molecule has 0 radical (unpaired) electrons. The highest BCUT2D eigenvalue weighted by Gasteiger charge is 2.25. The summed E-state index contributed by atoms with van der Waals surface area (Å²) in [4.78, 5) is 10.5. The molecular weight excluding hydrogens is 721 g/mol. The fourth-order valence-corrected chi connectivity index (χ4v) is 9.42. The van der Waals surface area contributed by atoms with Crippen molar-refractivity contribution in [1.82, 2.24) is 19.1 Å². The molecule has 0 saturated carbocycles. The maximum atomic E-state index is 6.30. The first-order valence-corrected chi connectivity index (χ1v) is 20.0. The van der Waals surface area contributed by atoms with E-state index >= 15 is 0 Å². The zero-order valence-corrected chi connectivity index (χ0v) is 31.7. The molecule has 1 aliphatic heterocycles. The van der Waals surface area contributed by atoms with E-state index < -0.39 is 0 Å². The Balaban J connectivity index is 0.994. The molecule has 0 bridgehead atoms. The van der Waals surface area contributed by atoms with Crippen LogP contribution in [0.3, 0.4) is 0 Å². The molecule has 0 N–H and O–H groups in total. The van der Waals surface area contributed by atoms with Crippen molar-refractivity contribution in [3.8, 4) is 56.6 Å². The predicted molar refractivity (Wildman–Crippen MR) is 242 cm³/mol. The Labute approximate surface area is 338 Å². The first-order valence-electron chi connectivity index (χ1n) is 20.0. The van der Waals surface area contributed by atoms with Gasteiger partial charge in [-0.15, -0.1) is 0 Å². The summed E-state index contributed by atoms with van der Waals surface area (Å²) >= 11 is 0. The van der Waals surface area contributed by atoms with Crippen LogP contribution in [0.4, 0.5) is 0 Å². The molecule has 274 valence electrons. The van der Waals surface area contributed by atoms with Gasteiger partial charge in [-0.2, -0.15) is 0 Å². The number of benzene rings is 9. The van der Waals surface area contributed by atoms with Gasteiger partial charge in [0.05, 0.1) is 38.7 Å². The Kier molecular flexibility index (Phi) is 6.66. The van der Waals surface area contributed by atoms with E-state index in [2.05, 4.69) is 167 Å². The Bertz CT molecular complexity index is 3690. The van der Waals surface area contributed by atoms with Gasteiger partial charge in [-0.05, 0) is 94.4 Å². The van der Waals surface area contributed by atoms with Crippen LogP contribution in [0.15, 0.2) is 194 Å². The maximum absolute atomic E-state index is 6.30. The van der Waals surface area contributed by atoms with Gasteiger partial charge in [0.15, 0.2) is 0 Å². The summed E-state index contributed by atoms with van der Waals surface area (Å²) in [6.45, 7) is 0. The van der Waals surface area contributed by atoms with Gasteiger partial charge in [-0.1, -0.05) is 127 Å². The van der Waals surface area contributed by atoms with Gasteiger partial charge in [-0.3, -0.25) is 4.57 Å². The molecule has 0 aliphatic carbocycles. The van der Waals surface area contributed by atoms with E-state index in [0.717, 1.165) is 66.7 Å². The Morgan fingerprint density at radius 1 is 0.390 bits per heavy atom. The second kappa shape index (κ2) is 12.2. The van der Waals surface area contributed by atoms with E-state index in [1.54, 1.807) is 0 Å². The van der Waals surface area contributed by atoms with E-state index in [9.17, 15) is 0 Å². The number of nitrogens with zero attached hydrogens (tertiary/aromatic N) is 4. The summed E-state index contributed by atoms with van der Waals surface area (Å²) < 4.78 is 10.9. The molecule has 59 heavy (non-hydrogen) atoms. The molecular formula is C54H32N4O. The predicted octanol–water partition coefficient (Wildman–Crippen LogP) is 14.1. The van der Waals surface area contributed by atoms with Crippen LogP contribution in [-0.4, -0.2) is 19.1 Å². The molecule has 4 heterocycles. The highest BCUT2D eigenvalue weighted by Crippen LogP contribution is 2.46. The van der Waals surface area contributed by atoms with E-state index in [1.165, 1.54) is 49.3 Å². The minimum absolute atomic E-state index is 0.638. The number of rotatable bonds is 4. The number of hydrogen-bond donors (Lipinski definition) is 0. The molecule has 5 nitrogen and oxygen atoms in total. The van der Waals surface area contributed by atoms with Crippen LogP contribution < -0.4 is 4.74 Å². The Morgan fingerprint density at radius 3 is 1.88 bits per heavy atom. The molecule has 1 aliphatic rings. The van der Waals surface area contributed by atoms with Gasteiger partial charge < -0.3 is 9.30 Å². The fourth-order valence-electron chi connectivity index (χ4n) is 9.42. The van der Waals surface area contributed by atoms with Crippen LogP contribution in [0.5, 0.6) is 11.5 Å². The lowest BCUT2D eigenvalue weighted by Gasteiger charge is -2.20. The third kappa shape index (κ3) is 4.73. The molecule has 0 fully saturated rings. The summed E-state index contributed by atoms with van der Waals surface area (Å²) in [6, 6.07) is 69.3. The molecule has 0 saturated heterocycles. The summed E-state index contributed by atoms with van der Waals surface area (Å²) in [6.07, 6.45) is 0. The number of ether oxygens (including phenoxy) is 1. The van der Waals surface area contributed by atoms with Gasteiger partial charge in [0, 0.05) is 38.2 Å². The van der Waals surface area contributed by atoms with Crippen molar-refractivity contribution in [2.45, 2.75) is 0 Å². The Hall–Kier alpha value is -8.02. The van der Waals surface area contributed by atoms with Crippen LogP contribution >= 0.6 is 0 Å². The average molecular weight is 753 g/mol. The molecule has 13 rings (SSSR count). The summed E-state index contributed by atoms with van der Waals surface area (Å²) in [5.74, 6) is 2.22. The van der Waals surface area contributed by atoms with Crippen molar-refractivity contribution in [1.29, 1.82) is 0 Å². The summed E-state index contributed by atoms with van der Waals surface area (Å²) in [7, 11) is 0. The number of hydrogen-bond acceptors (Lipinski definition) is 3. The van der Waals surface area contributed by atoms with Crippen molar-refractivity contribution in [2.24, 2.45) is 0 Å². The lowest BCUT2D eigenvalue weighted by Crippen LogP contribution is -2.06. The zero-order valence-electron chi connectivity index (χ0n) is 31.7. The highest BCUT2D eigenvalue weighted by atomic mass is 16.5. The average Bonchev–Trinajstić information content (AvgIpc) is 3.82. The number of para-hydroxylation sites is 2. The first kappa shape index (κ1) is 32.1. The molecule has 0 spiro atoms. The smallest absolute Gasteiger partial charge is 0.235 e. The second-order valence-electron chi connectivity index (χ2n) is 15.4. The quantitative estimate of drug-likeness (QED) is 0.180. The monoisotopic (exact) mass is 752 g/mol. The van der Waals surface area contributed by atoms with Crippen LogP contribution in [-0.2, 0) is 0 Å². The van der Waals surface area contributed by atoms with Crippen molar-refractivity contribution in [2.75, 3.05) is 0 Å². The first-order chi connectivity index (χ1) is 29.2. The van der Waals surface area contributed by atoms with Crippen molar-refractivity contribution >= 4 is 65.3 Å². The largest absolute Gasteiger partial charge is 0.456 e. The SMILES string of the molecule is c1ccc(-c2ccc(-n3c4ccc(-c5ccc6c(c5)c5ccccc5n6-c5nc6c7c(cccc7n5)Oc5ccccc5-6)cc4c4ccc5ccccc5c43)cc2)cc1. The molecule has 0 unspecified atom stereocenters. The fraction of sp³-hybridized carbons (Fsp3) is 0. The number of aromatic nitrogens is 4. The molecule has 5 heteroatoms. The normalized spacial score (nSPS) is 12.2. The lowest BCUT2D eigenvalue weighted by molar-refractivity contribution is 0.486. The third-order valence-corrected chi connectivity index (χ3v) is 12.1. The van der Waals surface area contributed by atoms with E-state index in [0.29, 0.717) is 5.95 Å². The van der Waals surface area contributed by atoms with E-state index in [-0.39, 0.29) is 0 Å². The standard InChI is InChI=1S/C54H32N4O/c1-2-11-33(12-3-1)34-21-26-38(27-22-34)57-47-29-24-37(32-44(47)41-28-23-35-13-4-5-14-39(35)53(41)57)36-25-30-48-43(31-36)40-15-6-8-18-46(40)58(48)54-55-45-17-10-20-50-51(45)52(56-54)42-16-7-9-19-49(42)59-50/h1-32H. The van der Waals surface area contributed by atoms with Gasteiger partial charge in [0.25, 0.3) is 0 Å². The van der Waals surface area contributed by atoms with Crippen LogP contribution in [0.2, 0.25) is 0 Å². The van der Waals surface area contributed by atoms with Gasteiger partial charge in [0.2, 0.25) is 5.95 Å². The van der Waals surface area contributed by atoms with Crippen LogP contribution in [0.1, 0.15) is 0 Å². The molecule has 3 aromatic heterocycles. The summed E-state index contributed by atoms with van der Waals surface area (Å²) in [5, 5.41) is 8.17. The maximum Gasteiger partial charge on any atom is 0.235 e. The van der Waals surface area contributed by atoms with Gasteiger partial charge >= 0.3 is 0 Å². The molecule has 0 atom stereocenters.